The van der Waals surface area contributed by atoms with Crippen LogP contribution in [0.2, 0.25) is 0 Å². The molecule has 0 aliphatic heterocycles. The highest BCUT2D eigenvalue weighted by molar-refractivity contribution is 7.71. The van der Waals surface area contributed by atoms with E-state index in [1.807, 2.05) is 0 Å². The summed E-state index contributed by atoms with van der Waals surface area (Å²) >= 11 is 0. The van der Waals surface area contributed by atoms with Gasteiger partial charge in [-0.1, -0.05) is 36.4 Å². The van der Waals surface area contributed by atoms with E-state index >= 15 is 0 Å². The standard InChI is InChI=1S/C14H12N3O2P/c18-20(19,12-6-2-1-3-7-12)14-16-10-11-17(14)13-8-4-5-9-15-13/h1-11H,(H,18,19)/p-1. The average Bonchev–Trinajstić information content (AvgIpc) is 2.99. The minimum atomic E-state index is -3.99. The topological polar surface area (TPSA) is 70.8 Å². The lowest BCUT2D eigenvalue weighted by Gasteiger charge is -2.23. The molecule has 0 saturated carbocycles. The SMILES string of the molecule is O=P([O-])(c1ccccc1)c1nccn1-c1ccccn1. The van der Waals surface area contributed by atoms with Crippen molar-refractivity contribution in [2.45, 2.75) is 0 Å². The van der Waals surface area contributed by atoms with Gasteiger partial charge in [0, 0.05) is 23.9 Å². The molecular formula is C14H11N3O2P-. The van der Waals surface area contributed by atoms with Gasteiger partial charge in [0.15, 0.2) is 5.57 Å². The van der Waals surface area contributed by atoms with E-state index in [2.05, 4.69) is 9.97 Å². The first-order valence-electron chi connectivity index (χ1n) is 6.01. The van der Waals surface area contributed by atoms with Gasteiger partial charge in [0.05, 0.1) is 0 Å². The van der Waals surface area contributed by atoms with Crippen LogP contribution >= 0.6 is 7.37 Å². The van der Waals surface area contributed by atoms with Crippen LogP contribution in [0.15, 0.2) is 67.1 Å². The molecule has 1 atom stereocenters. The van der Waals surface area contributed by atoms with Crippen molar-refractivity contribution in [3.63, 3.8) is 0 Å². The third-order valence-corrected chi connectivity index (χ3v) is 4.71. The van der Waals surface area contributed by atoms with Crippen LogP contribution in [-0.2, 0) is 4.57 Å². The molecule has 1 unspecified atom stereocenters. The number of imidazole rings is 1. The molecule has 2 aromatic heterocycles. The number of pyridine rings is 1. The fourth-order valence-corrected chi connectivity index (χ4v) is 3.40. The first-order chi connectivity index (χ1) is 9.69. The van der Waals surface area contributed by atoms with E-state index in [0.717, 1.165) is 0 Å². The normalized spacial score (nSPS) is 13.8. The first-order valence-corrected chi connectivity index (χ1v) is 7.64. The molecule has 100 valence electrons. The predicted octanol–water partition coefficient (Wildman–Crippen LogP) is 0.856. The average molecular weight is 284 g/mol. The molecule has 0 amide bonds. The molecule has 0 aliphatic rings. The third kappa shape index (κ3) is 2.18. The molecular weight excluding hydrogens is 273 g/mol. The van der Waals surface area contributed by atoms with Crippen molar-refractivity contribution in [3.8, 4) is 5.82 Å². The van der Waals surface area contributed by atoms with Crippen molar-refractivity contribution >= 4 is 18.2 Å². The predicted molar refractivity (Wildman–Crippen MR) is 74.7 cm³/mol. The molecule has 20 heavy (non-hydrogen) atoms. The van der Waals surface area contributed by atoms with Crippen LogP contribution in [-0.4, -0.2) is 14.5 Å². The highest BCUT2D eigenvalue weighted by Crippen LogP contribution is 2.32. The van der Waals surface area contributed by atoms with Crippen molar-refractivity contribution < 1.29 is 9.46 Å². The van der Waals surface area contributed by atoms with Crippen molar-refractivity contribution in [2.75, 3.05) is 0 Å². The summed E-state index contributed by atoms with van der Waals surface area (Å²) in [7, 11) is -3.99. The van der Waals surface area contributed by atoms with E-state index in [9.17, 15) is 9.46 Å². The Morgan fingerprint density at radius 1 is 0.950 bits per heavy atom. The van der Waals surface area contributed by atoms with Gasteiger partial charge in [0.25, 0.3) is 0 Å². The maximum atomic E-state index is 12.6. The second kappa shape index (κ2) is 5.04. The Morgan fingerprint density at radius 3 is 2.40 bits per heavy atom. The monoisotopic (exact) mass is 284 g/mol. The van der Waals surface area contributed by atoms with Crippen LogP contribution in [0.3, 0.4) is 0 Å². The smallest absolute Gasteiger partial charge is 0.165 e. The molecule has 0 saturated heterocycles. The molecule has 1 aromatic carbocycles. The maximum absolute atomic E-state index is 12.6. The second-order valence-electron chi connectivity index (χ2n) is 4.17. The van der Waals surface area contributed by atoms with E-state index in [-0.39, 0.29) is 10.9 Å². The molecule has 0 N–H and O–H groups in total. The first kappa shape index (κ1) is 12.8. The molecule has 0 fully saturated rings. The minimum Gasteiger partial charge on any atom is -0.790 e. The molecule has 3 aromatic rings. The van der Waals surface area contributed by atoms with E-state index < -0.39 is 7.37 Å². The summed E-state index contributed by atoms with van der Waals surface area (Å²) in [6.45, 7) is 0. The van der Waals surface area contributed by atoms with Crippen LogP contribution < -0.4 is 15.8 Å². The van der Waals surface area contributed by atoms with Gasteiger partial charge in [-0.05, 0) is 12.1 Å². The van der Waals surface area contributed by atoms with Crippen LogP contribution in [0.1, 0.15) is 0 Å². The third-order valence-electron chi connectivity index (χ3n) is 2.88. The van der Waals surface area contributed by atoms with Crippen molar-refractivity contribution in [1.82, 2.24) is 14.5 Å². The zero-order valence-electron chi connectivity index (χ0n) is 10.5. The zero-order valence-corrected chi connectivity index (χ0v) is 11.4. The fourth-order valence-electron chi connectivity index (χ4n) is 1.93. The summed E-state index contributed by atoms with van der Waals surface area (Å²) in [5.74, 6) is 0.520. The summed E-state index contributed by atoms with van der Waals surface area (Å²) in [5.41, 5.74) is -0.0117. The van der Waals surface area contributed by atoms with E-state index in [4.69, 9.17) is 0 Å². The van der Waals surface area contributed by atoms with Gasteiger partial charge in [-0.3, -0.25) is 4.57 Å². The van der Waals surface area contributed by atoms with Gasteiger partial charge in [-0.15, -0.1) is 0 Å². The van der Waals surface area contributed by atoms with Gasteiger partial charge in [-0.25, -0.2) is 9.97 Å². The maximum Gasteiger partial charge on any atom is 0.165 e. The van der Waals surface area contributed by atoms with Crippen molar-refractivity contribution in [1.29, 1.82) is 0 Å². The Bertz CT molecular complexity index is 756. The number of benzene rings is 1. The lowest BCUT2D eigenvalue weighted by Crippen LogP contribution is -2.31. The van der Waals surface area contributed by atoms with Crippen LogP contribution in [0.25, 0.3) is 5.82 Å². The Kier molecular flexibility index (Phi) is 3.22. The fraction of sp³-hybridized carbons (Fsp3) is 0. The summed E-state index contributed by atoms with van der Waals surface area (Å²) in [5, 5.41) is 0.239. The zero-order chi connectivity index (χ0) is 14.0. The number of aromatic nitrogens is 3. The van der Waals surface area contributed by atoms with Crippen LogP contribution in [0, 0.1) is 0 Å². The Balaban J connectivity index is 2.13. The van der Waals surface area contributed by atoms with Crippen LogP contribution in [0.5, 0.6) is 0 Å². The Hall–Kier alpha value is -2.23. The summed E-state index contributed by atoms with van der Waals surface area (Å²) in [4.78, 5) is 20.7. The quantitative estimate of drug-likeness (QED) is 0.669. The summed E-state index contributed by atoms with van der Waals surface area (Å²) < 4.78 is 14.1. The molecule has 6 heteroatoms. The Morgan fingerprint density at radius 2 is 1.70 bits per heavy atom. The second-order valence-corrected chi connectivity index (χ2v) is 6.19. The Labute approximate surface area is 116 Å². The van der Waals surface area contributed by atoms with E-state index in [1.54, 1.807) is 60.9 Å². The van der Waals surface area contributed by atoms with Crippen LogP contribution in [0.4, 0.5) is 0 Å². The number of rotatable bonds is 3. The molecule has 3 rings (SSSR count). The lowest BCUT2D eigenvalue weighted by molar-refractivity contribution is -0.167. The van der Waals surface area contributed by atoms with Gasteiger partial charge in [0.2, 0.25) is 0 Å². The van der Waals surface area contributed by atoms with Crippen molar-refractivity contribution in [2.24, 2.45) is 0 Å². The highest BCUT2D eigenvalue weighted by atomic mass is 31.2. The van der Waals surface area contributed by atoms with Gasteiger partial charge in [-0.2, -0.15) is 0 Å². The molecule has 0 bridgehead atoms. The number of hydrogen-bond donors (Lipinski definition) is 0. The molecule has 2 heterocycles. The molecule has 0 spiro atoms. The lowest BCUT2D eigenvalue weighted by atomic mass is 10.4. The van der Waals surface area contributed by atoms with E-state index in [1.165, 1.54) is 10.8 Å². The molecule has 5 nitrogen and oxygen atoms in total. The summed E-state index contributed by atoms with van der Waals surface area (Å²) in [6, 6.07) is 13.6. The van der Waals surface area contributed by atoms with Gasteiger partial charge in [0.1, 0.15) is 13.2 Å². The minimum absolute atomic E-state index is 0.0117. The summed E-state index contributed by atoms with van der Waals surface area (Å²) in [6.07, 6.45) is 4.65. The van der Waals surface area contributed by atoms with Crippen molar-refractivity contribution in [3.05, 3.63) is 67.1 Å². The molecule has 0 radical (unpaired) electrons. The van der Waals surface area contributed by atoms with Gasteiger partial charge >= 0.3 is 0 Å². The molecule has 0 aliphatic carbocycles. The number of nitrogens with zero attached hydrogens (tertiary/aromatic N) is 3. The largest absolute Gasteiger partial charge is 0.790 e. The number of hydrogen-bond acceptors (Lipinski definition) is 4. The van der Waals surface area contributed by atoms with Gasteiger partial charge < -0.3 is 9.46 Å². The highest BCUT2D eigenvalue weighted by Gasteiger charge is 2.20. The van der Waals surface area contributed by atoms with E-state index in [0.29, 0.717) is 5.82 Å².